The van der Waals surface area contributed by atoms with Crippen LogP contribution in [-0.4, -0.2) is 16.5 Å². The zero-order valence-corrected chi connectivity index (χ0v) is 12.7. The fraction of sp³-hybridized carbons (Fsp3) is 0.375. The predicted molar refractivity (Wildman–Crippen MR) is 83.0 cm³/mol. The molecule has 106 valence electrons. The van der Waals surface area contributed by atoms with E-state index < -0.39 is 0 Å². The molecule has 0 fully saturated rings. The Kier molecular flexibility index (Phi) is 5.50. The van der Waals surface area contributed by atoms with Crippen LogP contribution in [0.5, 0.6) is 0 Å². The van der Waals surface area contributed by atoms with Gasteiger partial charge in [-0.2, -0.15) is 0 Å². The van der Waals surface area contributed by atoms with E-state index >= 15 is 0 Å². The molecule has 0 aliphatic heterocycles. The average molecular weight is 290 g/mol. The molecule has 0 saturated carbocycles. The van der Waals surface area contributed by atoms with Gasteiger partial charge in [0.05, 0.1) is 5.02 Å². The van der Waals surface area contributed by atoms with Crippen LogP contribution < -0.4 is 5.32 Å². The lowest BCUT2D eigenvalue weighted by Gasteiger charge is -2.21. The van der Waals surface area contributed by atoms with Crippen molar-refractivity contribution >= 4 is 11.6 Å². The Morgan fingerprint density at radius 2 is 1.95 bits per heavy atom. The molecule has 0 radical (unpaired) electrons. The van der Waals surface area contributed by atoms with E-state index in [2.05, 4.69) is 29.1 Å². The number of aromatic nitrogens is 2. The van der Waals surface area contributed by atoms with Crippen molar-refractivity contribution in [1.29, 1.82) is 0 Å². The average Bonchev–Trinajstić information content (AvgIpc) is 2.46. The molecule has 0 aliphatic carbocycles. The molecule has 1 unspecified atom stereocenters. The lowest BCUT2D eigenvalue weighted by molar-refractivity contribution is 0.525. The second-order valence-corrected chi connectivity index (χ2v) is 5.32. The SMILES string of the molecule is CCCNC(Cc1ccncc1Cl)c1cnccc1C. The van der Waals surface area contributed by atoms with Gasteiger partial charge in [-0.1, -0.05) is 18.5 Å². The van der Waals surface area contributed by atoms with Crippen LogP contribution in [0.15, 0.2) is 36.9 Å². The van der Waals surface area contributed by atoms with Crippen molar-refractivity contribution in [3.63, 3.8) is 0 Å². The monoisotopic (exact) mass is 289 g/mol. The summed E-state index contributed by atoms with van der Waals surface area (Å²) in [5.41, 5.74) is 3.59. The number of nitrogens with one attached hydrogen (secondary N) is 1. The number of halogens is 1. The second-order valence-electron chi connectivity index (χ2n) is 4.91. The smallest absolute Gasteiger partial charge is 0.0622 e. The molecule has 0 aliphatic rings. The highest BCUT2D eigenvalue weighted by atomic mass is 35.5. The number of pyridine rings is 2. The molecule has 0 bridgehead atoms. The van der Waals surface area contributed by atoms with E-state index in [1.165, 1.54) is 11.1 Å². The molecule has 0 aromatic carbocycles. The van der Waals surface area contributed by atoms with Crippen LogP contribution in [0.3, 0.4) is 0 Å². The number of aryl methyl sites for hydroxylation is 1. The number of nitrogens with zero attached hydrogens (tertiary/aromatic N) is 2. The molecular formula is C16H20ClN3. The van der Waals surface area contributed by atoms with E-state index in [0.29, 0.717) is 0 Å². The van der Waals surface area contributed by atoms with Crippen LogP contribution in [0.2, 0.25) is 5.02 Å². The number of hydrogen-bond donors (Lipinski definition) is 1. The molecule has 1 atom stereocenters. The van der Waals surface area contributed by atoms with Crippen molar-refractivity contribution in [2.75, 3.05) is 6.54 Å². The maximum atomic E-state index is 6.22. The molecule has 2 aromatic rings. The van der Waals surface area contributed by atoms with Crippen molar-refractivity contribution in [1.82, 2.24) is 15.3 Å². The Bertz CT molecular complexity index is 557. The van der Waals surface area contributed by atoms with Crippen LogP contribution in [0.25, 0.3) is 0 Å². The minimum atomic E-state index is 0.226. The van der Waals surface area contributed by atoms with Crippen molar-refractivity contribution < 1.29 is 0 Å². The van der Waals surface area contributed by atoms with E-state index in [4.69, 9.17) is 11.6 Å². The highest BCUT2D eigenvalue weighted by molar-refractivity contribution is 6.31. The molecule has 2 aromatic heterocycles. The van der Waals surface area contributed by atoms with Gasteiger partial charge in [0, 0.05) is 30.8 Å². The minimum absolute atomic E-state index is 0.226. The molecule has 0 spiro atoms. The fourth-order valence-electron chi connectivity index (χ4n) is 2.24. The third kappa shape index (κ3) is 3.78. The summed E-state index contributed by atoms with van der Waals surface area (Å²) in [5, 5.41) is 4.30. The van der Waals surface area contributed by atoms with Crippen LogP contribution in [0, 0.1) is 6.92 Å². The van der Waals surface area contributed by atoms with E-state index in [1.807, 2.05) is 24.5 Å². The largest absolute Gasteiger partial charge is 0.310 e. The Morgan fingerprint density at radius 1 is 1.20 bits per heavy atom. The summed E-state index contributed by atoms with van der Waals surface area (Å²) in [5.74, 6) is 0. The third-order valence-electron chi connectivity index (χ3n) is 3.38. The van der Waals surface area contributed by atoms with Gasteiger partial charge in [0.15, 0.2) is 0 Å². The van der Waals surface area contributed by atoms with Crippen LogP contribution in [0.1, 0.15) is 36.1 Å². The Labute approximate surface area is 125 Å². The van der Waals surface area contributed by atoms with Gasteiger partial charge in [0.25, 0.3) is 0 Å². The van der Waals surface area contributed by atoms with Crippen LogP contribution in [-0.2, 0) is 6.42 Å². The van der Waals surface area contributed by atoms with Crippen molar-refractivity contribution in [3.8, 4) is 0 Å². The van der Waals surface area contributed by atoms with Crippen LogP contribution >= 0.6 is 11.6 Å². The lowest BCUT2D eigenvalue weighted by atomic mass is 9.97. The normalized spacial score (nSPS) is 12.3. The Hall–Kier alpha value is -1.45. The zero-order chi connectivity index (χ0) is 14.4. The van der Waals surface area contributed by atoms with Crippen molar-refractivity contribution in [3.05, 3.63) is 58.6 Å². The Morgan fingerprint density at radius 3 is 2.65 bits per heavy atom. The summed E-state index contributed by atoms with van der Waals surface area (Å²) >= 11 is 6.22. The van der Waals surface area contributed by atoms with E-state index in [0.717, 1.165) is 30.0 Å². The van der Waals surface area contributed by atoms with Gasteiger partial charge in [-0.15, -0.1) is 0 Å². The fourth-order valence-corrected chi connectivity index (χ4v) is 2.44. The third-order valence-corrected chi connectivity index (χ3v) is 3.72. The summed E-state index contributed by atoms with van der Waals surface area (Å²) in [6.07, 6.45) is 9.19. The first-order chi connectivity index (χ1) is 9.72. The molecule has 0 saturated heterocycles. The highest BCUT2D eigenvalue weighted by Gasteiger charge is 2.15. The van der Waals surface area contributed by atoms with Gasteiger partial charge in [0.1, 0.15) is 0 Å². The van der Waals surface area contributed by atoms with Gasteiger partial charge in [0.2, 0.25) is 0 Å². The first-order valence-electron chi connectivity index (χ1n) is 6.94. The summed E-state index contributed by atoms with van der Waals surface area (Å²) in [4.78, 5) is 8.29. The van der Waals surface area contributed by atoms with Gasteiger partial charge in [-0.05, 0) is 55.1 Å². The highest BCUT2D eigenvalue weighted by Crippen LogP contribution is 2.24. The maximum Gasteiger partial charge on any atom is 0.0622 e. The summed E-state index contributed by atoms with van der Waals surface area (Å²) in [6.45, 7) is 5.26. The molecule has 2 heterocycles. The topological polar surface area (TPSA) is 37.8 Å². The first kappa shape index (κ1) is 14.9. The van der Waals surface area contributed by atoms with E-state index in [1.54, 1.807) is 12.4 Å². The number of rotatable bonds is 6. The molecule has 1 N–H and O–H groups in total. The molecule has 0 amide bonds. The molecule has 4 heteroatoms. The number of hydrogen-bond acceptors (Lipinski definition) is 3. The molecule has 2 rings (SSSR count). The molecule has 3 nitrogen and oxygen atoms in total. The quantitative estimate of drug-likeness (QED) is 0.881. The van der Waals surface area contributed by atoms with Gasteiger partial charge >= 0.3 is 0 Å². The predicted octanol–water partition coefficient (Wildman–Crippen LogP) is 3.72. The van der Waals surface area contributed by atoms with E-state index in [-0.39, 0.29) is 6.04 Å². The van der Waals surface area contributed by atoms with Crippen LogP contribution in [0.4, 0.5) is 0 Å². The molecule has 20 heavy (non-hydrogen) atoms. The molecular weight excluding hydrogens is 270 g/mol. The van der Waals surface area contributed by atoms with E-state index in [9.17, 15) is 0 Å². The summed E-state index contributed by atoms with van der Waals surface area (Å²) < 4.78 is 0. The van der Waals surface area contributed by atoms with Gasteiger partial charge in [-0.3, -0.25) is 9.97 Å². The van der Waals surface area contributed by atoms with Gasteiger partial charge < -0.3 is 5.32 Å². The van der Waals surface area contributed by atoms with Crippen molar-refractivity contribution in [2.24, 2.45) is 0 Å². The summed E-state index contributed by atoms with van der Waals surface area (Å²) in [6, 6.07) is 4.25. The lowest BCUT2D eigenvalue weighted by Crippen LogP contribution is -2.25. The maximum absolute atomic E-state index is 6.22. The summed E-state index contributed by atoms with van der Waals surface area (Å²) in [7, 11) is 0. The van der Waals surface area contributed by atoms with Crippen molar-refractivity contribution in [2.45, 2.75) is 32.7 Å². The zero-order valence-electron chi connectivity index (χ0n) is 11.9. The standard InChI is InChI=1S/C16H20ClN3/c1-3-6-20-16(14-10-18-7-4-12(14)2)9-13-5-8-19-11-15(13)17/h4-5,7-8,10-11,16,20H,3,6,9H2,1-2H3. The Balaban J connectivity index is 2.24. The minimum Gasteiger partial charge on any atom is -0.310 e. The first-order valence-corrected chi connectivity index (χ1v) is 7.32. The second kappa shape index (κ2) is 7.36. The van der Waals surface area contributed by atoms with Gasteiger partial charge in [-0.25, -0.2) is 0 Å².